The van der Waals surface area contributed by atoms with E-state index in [1.54, 1.807) is 43.3 Å². The van der Waals surface area contributed by atoms with E-state index in [0.717, 1.165) is 25.5 Å². The Balaban J connectivity index is 1.72. The highest BCUT2D eigenvalue weighted by atomic mass is 19.1. The first-order valence-corrected chi connectivity index (χ1v) is 12.3. The second kappa shape index (κ2) is 10.6. The Hall–Kier alpha value is -4.35. The zero-order chi connectivity index (χ0) is 26.8. The number of amides is 1. The number of hydrogen-bond acceptors (Lipinski definition) is 5. The van der Waals surface area contributed by atoms with Gasteiger partial charge in [-0.05, 0) is 73.0 Å². The van der Waals surface area contributed by atoms with Crippen LogP contribution in [0.2, 0.25) is 0 Å². The highest BCUT2D eigenvalue weighted by molar-refractivity contribution is 6.12. The monoisotopic (exact) mass is 512 g/mol. The first-order valence-electron chi connectivity index (χ1n) is 12.3. The molecule has 192 valence electrons. The number of carbonyl (C=O) groups excluding carboxylic acids is 1. The second-order valence-corrected chi connectivity index (χ2v) is 9.44. The standard InChI is InChI=1S/C30H26F2N4O2/c1-36(17-23-4-3-9-34-23)30(37)29-25-13-19(24-10-18(15-33)5-8-28(24)38-2)6-7-27(25)35-16-26(29)20-11-21(31)14-22(32)12-20/h5-8,10-14,16,23,34H,3-4,9,17H2,1-2H3/t23-/m0/s1. The average molecular weight is 513 g/mol. The molecule has 1 aliphatic rings. The third kappa shape index (κ3) is 4.93. The van der Waals surface area contributed by atoms with Gasteiger partial charge in [0, 0.05) is 48.4 Å². The lowest BCUT2D eigenvalue weighted by atomic mass is 9.93. The number of likely N-dealkylation sites (N-methyl/N-ethyl adjacent to an activating group) is 1. The molecule has 38 heavy (non-hydrogen) atoms. The molecular formula is C30H26F2N4O2. The van der Waals surface area contributed by atoms with Crippen molar-refractivity contribution in [2.45, 2.75) is 18.9 Å². The van der Waals surface area contributed by atoms with Gasteiger partial charge in [0.2, 0.25) is 0 Å². The minimum atomic E-state index is -0.742. The van der Waals surface area contributed by atoms with Crippen molar-refractivity contribution in [3.05, 3.63) is 83.6 Å². The maximum Gasteiger partial charge on any atom is 0.255 e. The molecule has 0 spiro atoms. The van der Waals surface area contributed by atoms with Gasteiger partial charge < -0.3 is 15.0 Å². The molecule has 1 N–H and O–H groups in total. The zero-order valence-corrected chi connectivity index (χ0v) is 21.1. The minimum absolute atomic E-state index is 0.181. The van der Waals surface area contributed by atoms with Gasteiger partial charge in [0.15, 0.2) is 0 Å². The van der Waals surface area contributed by atoms with Crippen LogP contribution in [0.4, 0.5) is 8.78 Å². The van der Waals surface area contributed by atoms with E-state index in [9.17, 15) is 18.8 Å². The maximum atomic E-state index is 14.2. The van der Waals surface area contributed by atoms with E-state index in [0.29, 0.717) is 51.0 Å². The molecule has 0 saturated carbocycles. The number of pyridine rings is 1. The highest BCUT2D eigenvalue weighted by Crippen LogP contribution is 2.36. The summed E-state index contributed by atoms with van der Waals surface area (Å²) in [6, 6.07) is 16.1. The van der Waals surface area contributed by atoms with Crippen molar-refractivity contribution in [1.82, 2.24) is 15.2 Å². The number of nitrogens with zero attached hydrogens (tertiary/aromatic N) is 3. The Kier molecular flexibility index (Phi) is 7.03. The molecule has 5 rings (SSSR count). The molecular weight excluding hydrogens is 486 g/mol. The van der Waals surface area contributed by atoms with Crippen LogP contribution in [0.3, 0.4) is 0 Å². The number of carbonyl (C=O) groups is 1. The van der Waals surface area contributed by atoms with Gasteiger partial charge in [0.1, 0.15) is 17.4 Å². The number of fused-ring (bicyclic) bond motifs is 1. The summed E-state index contributed by atoms with van der Waals surface area (Å²) in [4.78, 5) is 20.2. The number of rotatable bonds is 6. The number of ether oxygens (including phenoxy) is 1. The summed E-state index contributed by atoms with van der Waals surface area (Å²) in [6.45, 7) is 1.41. The molecule has 1 atom stereocenters. The van der Waals surface area contributed by atoms with Gasteiger partial charge in [-0.15, -0.1) is 0 Å². The van der Waals surface area contributed by atoms with Gasteiger partial charge in [-0.1, -0.05) is 6.07 Å². The molecule has 1 saturated heterocycles. The summed E-state index contributed by atoms with van der Waals surface area (Å²) in [5, 5.41) is 13.4. The Labute approximate surface area is 219 Å². The summed E-state index contributed by atoms with van der Waals surface area (Å²) in [7, 11) is 3.28. The molecule has 4 aromatic rings. The summed E-state index contributed by atoms with van der Waals surface area (Å²) in [6.07, 6.45) is 3.50. The number of halogens is 2. The second-order valence-electron chi connectivity index (χ2n) is 9.44. The number of nitrogens with one attached hydrogen (secondary N) is 1. The minimum Gasteiger partial charge on any atom is -0.496 e. The van der Waals surface area contributed by atoms with Crippen LogP contribution < -0.4 is 10.1 Å². The van der Waals surface area contributed by atoms with Gasteiger partial charge in [-0.2, -0.15) is 5.26 Å². The largest absolute Gasteiger partial charge is 0.496 e. The number of aromatic nitrogens is 1. The van der Waals surface area contributed by atoms with E-state index in [2.05, 4.69) is 16.4 Å². The number of methoxy groups -OCH3 is 1. The Morgan fingerprint density at radius 1 is 1.11 bits per heavy atom. The van der Waals surface area contributed by atoms with Crippen LogP contribution in [0.15, 0.2) is 60.8 Å². The molecule has 0 radical (unpaired) electrons. The van der Waals surface area contributed by atoms with Crippen molar-refractivity contribution in [2.75, 3.05) is 27.2 Å². The molecule has 1 fully saturated rings. The Morgan fingerprint density at radius 3 is 2.58 bits per heavy atom. The van der Waals surface area contributed by atoms with Crippen LogP contribution in [0.25, 0.3) is 33.2 Å². The van der Waals surface area contributed by atoms with E-state index >= 15 is 0 Å². The Bertz CT molecular complexity index is 1550. The van der Waals surface area contributed by atoms with Crippen LogP contribution in [0.1, 0.15) is 28.8 Å². The fourth-order valence-electron chi connectivity index (χ4n) is 5.04. The van der Waals surface area contributed by atoms with Crippen molar-refractivity contribution in [2.24, 2.45) is 0 Å². The van der Waals surface area contributed by atoms with Crippen LogP contribution in [0.5, 0.6) is 5.75 Å². The van der Waals surface area contributed by atoms with Gasteiger partial charge in [-0.3, -0.25) is 9.78 Å². The van der Waals surface area contributed by atoms with Crippen molar-refractivity contribution < 1.29 is 18.3 Å². The van der Waals surface area contributed by atoms with Crippen molar-refractivity contribution >= 4 is 16.8 Å². The molecule has 0 bridgehead atoms. The lowest BCUT2D eigenvalue weighted by Gasteiger charge is -2.24. The number of hydrogen-bond donors (Lipinski definition) is 1. The molecule has 8 heteroatoms. The topological polar surface area (TPSA) is 78.2 Å². The van der Waals surface area contributed by atoms with E-state index < -0.39 is 11.6 Å². The van der Waals surface area contributed by atoms with Gasteiger partial charge in [-0.25, -0.2) is 8.78 Å². The van der Waals surface area contributed by atoms with E-state index in [4.69, 9.17) is 4.74 Å². The summed E-state index contributed by atoms with van der Waals surface area (Å²) >= 11 is 0. The summed E-state index contributed by atoms with van der Waals surface area (Å²) < 4.78 is 34.0. The van der Waals surface area contributed by atoms with Gasteiger partial charge in [0.05, 0.1) is 29.8 Å². The SMILES string of the molecule is COc1ccc(C#N)cc1-c1ccc2ncc(-c3cc(F)cc(F)c3)c(C(=O)N(C)C[C@@H]3CCCN3)c2c1. The molecule has 2 heterocycles. The van der Waals surface area contributed by atoms with Crippen LogP contribution in [0, 0.1) is 23.0 Å². The van der Waals surface area contributed by atoms with E-state index in [-0.39, 0.29) is 17.5 Å². The van der Waals surface area contributed by atoms with Crippen molar-refractivity contribution in [3.8, 4) is 34.1 Å². The smallest absolute Gasteiger partial charge is 0.255 e. The van der Waals surface area contributed by atoms with Crippen LogP contribution in [-0.4, -0.2) is 49.1 Å². The van der Waals surface area contributed by atoms with Gasteiger partial charge in [0.25, 0.3) is 5.91 Å². The lowest BCUT2D eigenvalue weighted by molar-refractivity contribution is 0.0786. The number of nitriles is 1. The van der Waals surface area contributed by atoms with Crippen molar-refractivity contribution in [3.63, 3.8) is 0 Å². The maximum absolute atomic E-state index is 14.2. The summed E-state index contributed by atoms with van der Waals surface area (Å²) in [5.41, 5.74) is 3.27. The Morgan fingerprint density at radius 2 is 1.89 bits per heavy atom. The zero-order valence-electron chi connectivity index (χ0n) is 21.1. The molecule has 0 unspecified atom stereocenters. The van der Waals surface area contributed by atoms with Crippen LogP contribution >= 0.6 is 0 Å². The molecule has 3 aromatic carbocycles. The highest BCUT2D eigenvalue weighted by Gasteiger charge is 2.25. The predicted molar refractivity (Wildman–Crippen MR) is 142 cm³/mol. The summed E-state index contributed by atoms with van der Waals surface area (Å²) in [5.74, 6) is -1.19. The molecule has 1 aromatic heterocycles. The molecule has 6 nitrogen and oxygen atoms in total. The van der Waals surface area contributed by atoms with Crippen molar-refractivity contribution in [1.29, 1.82) is 5.26 Å². The van der Waals surface area contributed by atoms with E-state index in [1.165, 1.54) is 18.3 Å². The lowest BCUT2D eigenvalue weighted by Crippen LogP contribution is -2.38. The molecule has 1 aliphatic heterocycles. The van der Waals surface area contributed by atoms with E-state index in [1.807, 2.05) is 12.1 Å². The fourth-order valence-corrected chi connectivity index (χ4v) is 5.04. The third-order valence-electron chi connectivity index (χ3n) is 6.90. The first kappa shape index (κ1) is 25.3. The average Bonchev–Trinajstić information content (AvgIpc) is 3.43. The molecule has 0 aliphatic carbocycles. The fraction of sp³-hybridized carbons (Fsp3) is 0.233. The number of benzene rings is 3. The quantitative estimate of drug-likeness (QED) is 0.367. The third-order valence-corrected chi connectivity index (χ3v) is 6.90. The predicted octanol–water partition coefficient (Wildman–Crippen LogP) is 5.55. The van der Waals surface area contributed by atoms with Gasteiger partial charge >= 0.3 is 0 Å². The van der Waals surface area contributed by atoms with Crippen LogP contribution in [-0.2, 0) is 0 Å². The molecule has 1 amide bonds. The first-order chi connectivity index (χ1) is 18.4. The normalized spacial score (nSPS) is 14.9.